The van der Waals surface area contributed by atoms with Gasteiger partial charge in [0.05, 0.1) is 11.3 Å². The van der Waals surface area contributed by atoms with E-state index >= 15 is 0 Å². The predicted octanol–water partition coefficient (Wildman–Crippen LogP) is 4.73. The summed E-state index contributed by atoms with van der Waals surface area (Å²) in [4.78, 5) is 12.5. The van der Waals surface area contributed by atoms with Crippen LogP contribution in [0.3, 0.4) is 0 Å². The molecule has 21 heavy (non-hydrogen) atoms. The smallest absolute Gasteiger partial charge is 0.338 e. The summed E-state index contributed by atoms with van der Waals surface area (Å²) in [5.74, 6) is 1.30. The molecule has 0 aromatic heterocycles. The number of benzene rings is 1. The Hall–Kier alpha value is -1.16. The van der Waals surface area contributed by atoms with Crippen LogP contribution in [0.25, 0.3) is 0 Å². The van der Waals surface area contributed by atoms with Gasteiger partial charge in [-0.2, -0.15) is 0 Å². The van der Waals surface area contributed by atoms with E-state index in [2.05, 4.69) is 19.2 Å². The highest BCUT2D eigenvalue weighted by Gasteiger charge is 2.28. The summed E-state index contributed by atoms with van der Waals surface area (Å²) < 4.78 is 0. The molecule has 116 valence electrons. The van der Waals surface area contributed by atoms with Crippen LogP contribution in [0.15, 0.2) is 23.1 Å². The lowest BCUT2D eigenvalue weighted by Crippen LogP contribution is -2.35. The van der Waals surface area contributed by atoms with Gasteiger partial charge >= 0.3 is 5.97 Å². The molecular formula is C17H25NO2S. The standard InChI is InChI=1S/C17H25NO2S/c1-4-21-15-10-6-9-14(16(15)17(19)20)18-13-8-5-7-11(2)12(13)3/h6,9-13,18H,4-5,7-8H2,1-3H3,(H,19,20). The summed E-state index contributed by atoms with van der Waals surface area (Å²) in [5.41, 5.74) is 1.20. The van der Waals surface area contributed by atoms with Gasteiger partial charge in [0, 0.05) is 10.9 Å². The maximum absolute atomic E-state index is 11.7. The van der Waals surface area contributed by atoms with Crippen molar-refractivity contribution in [2.24, 2.45) is 11.8 Å². The molecule has 1 saturated carbocycles. The zero-order chi connectivity index (χ0) is 15.4. The fourth-order valence-electron chi connectivity index (χ4n) is 3.13. The van der Waals surface area contributed by atoms with E-state index in [1.54, 1.807) is 11.8 Å². The van der Waals surface area contributed by atoms with Crippen LogP contribution in [-0.2, 0) is 0 Å². The second-order valence-electron chi connectivity index (χ2n) is 5.94. The van der Waals surface area contributed by atoms with Crippen molar-refractivity contribution >= 4 is 23.4 Å². The number of aromatic carboxylic acids is 1. The molecule has 3 unspecified atom stereocenters. The fourth-order valence-corrected chi connectivity index (χ4v) is 3.96. The predicted molar refractivity (Wildman–Crippen MR) is 89.4 cm³/mol. The second kappa shape index (κ2) is 7.21. The molecule has 0 amide bonds. The highest BCUT2D eigenvalue weighted by atomic mass is 32.2. The van der Waals surface area contributed by atoms with Gasteiger partial charge in [0.2, 0.25) is 0 Å². The fraction of sp³-hybridized carbons (Fsp3) is 0.588. The van der Waals surface area contributed by atoms with Gasteiger partial charge < -0.3 is 10.4 Å². The van der Waals surface area contributed by atoms with Crippen molar-refractivity contribution in [3.05, 3.63) is 23.8 Å². The largest absolute Gasteiger partial charge is 0.478 e. The Morgan fingerprint density at radius 3 is 2.81 bits per heavy atom. The van der Waals surface area contributed by atoms with Crippen LogP contribution in [0.4, 0.5) is 5.69 Å². The van der Waals surface area contributed by atoms with Crippen LogP contribution in [0.5, 0.6) is 0 Å². The molecule has 1 aromatic carbocycles. The van der Waals surface area contributed by atoms with Crippen LogP contribution in [0.2, 0.25) is 0 Å². The molecule has 0 radical (unpaired) electrons. The Kier molecular flexibility index (Phi) is 5.57. The highest BCUT2D eigenvalue weighted by Crippen LogP contribution is 2.34. The number of rotatable bonds is 5. The number of carbonyl (C=O) groups is 1. The van der Waals surface area contributed by atoms with Gasteiger partial charge in [-0.05, 0) is 36.1 Å². The maximum Gasteiger partial charge on any atom is 0.338 e. The van der Waals surface area contributed by atoms with E-state index in [0.717, 1.165) is 22.8 Å². The first-order valence-corrected chi connectivity index (χ1v) is 8.78. The molecule has 0 heterocycles. The minimum absolute atomic E-state index is 0.369. The monoisotopic (exact) mass is 307 g/mol. The second-order valence-corrected chi connectivity index (χ2v) is 7.24. The number of nitrogens with one attached hydrogen (secondary N) is 1. The molecule has 1 aromatic rings. The Labute approximate surface area is 131 Å². The Morgan fingerprint density at radius 2 is 2.14 bits per heavy atom. The summed E-state index contributed by atoms with van der Waals surface area (Å²) in [6.07, 6.45) is 3.61. The molecule has 4 heteroatoms. The van der Waals surface area contributed by atoms with Crippen LogP contribution in [0, 0.1) is 11.8 Å². The van der Waals surface area contributed by atoms with E-state index in [1.807, 2.05) is 25.1 Å². The Balaban J connectivity index is 2.26. The number of anilines is 1. The molecule has 3 atom stereocenters. The SMILES string of the molecule is CCSc1cccc(NC2CCCC(C)C2C)c1C(=O)O. The van der Waals surface area contributed by atoms with Gasteiger partial charge in [0.25, 0.3) is 0 Å². The molecule has 0 saturated heterocycles. The highest BCUT2D eigenvalue weighted by molar-refractivity contribution is 7.99. The van der Waals surface area contributed by atoms with E-state index in [-0.39, 0.29) is 0 Å². The van der Waals surface area contributed by atoms with Crippen LogP contribution in [0.1, 0.15) is 50.4 Å². The van der Waals surface area contributed by atoms with Crippen LogP contribution < -0.4 is 5.32 Å². The van der Waals surface area contributed by atoms with E-state index in [9.17, 15) is 9.90 Å². The van der Waals surface area contributed by atoms with Crippen molar-refractivity contribution < 1.29 is 9.90 Å². The lowest BCUT2D eigenvalue weighted by molar-refractivity contribution is 0.0694. The van der Waals surface area contributed by atoms with Crippen molar-refractivity contribution in [1.82, 2.24) is 0 Å². The van der Waals surface area contributed by atoms with Gasteiger partial charge in [-0.15, -0.1) is 11.8 Å². The van der Waals surface area contributed by atoms with Crippen LogP contribution >= 0.6 is 11.8 Å². The summed E-state index contributed by atoms with van der Waals surface area (Å²) >= 11 is 1.59. The van der Waals surface area contributed by atoms with Gasteiger partial charge in [-0.3, -0.25) is 0 Å². The zero-order valence-corrected chi connectivity index (χ0v) is 13.9. The molecule has 1 aliphatic carbocycles. The van der Waals surface area contributed by atoms with Crippen molar-refractivity contribution in [3.8, 4) is 0 Å². The first-order chi connectivity index (χ1) is 10.0. The van der Waals surface area contributed by atoms with E-state index in [4.69, 9.17) is 0 Å². The quantitative estimate of drug-likeness (QED) is 0.772. The normalized spacial score (nSPS) is 25.6. The van der Waals surface area contributed by atoms with E-state index < -0.39 is 5.97 Å². The third kappa shape index (κ3) is 3.73. The first-order valence-electron chi connectivity index (χ1n) is 7.80. The third-order valence-corrected chi connectivity index (χ3v) is 5.53. The third-order valence-electron chi connectivity index (χ3n) is 4.59. The number of thioether (sulfide) groups is 1. The zero-order valence-electron chi connectivity index (χ0n) is 13.1. The molecule has 3 nitrogen and oxygen atoms in total. The number of carboxylic acids is 1. The number of carboxylic acid groups (broad SMARTS) is 1. The Morgan fingerprint density at radius 1 is 1.38 bits per heavy atom. The topological polar surface area (TPSA) is 49.3 Å². The van der Waals surface area contributed by atoms with Crippen molar-refractivity contribution in [2.75, 3.05) is 11.1 Å². The molecule has 1 fully saturated rings. The molecule has 2 N–H and O–H groups in total. The van der Waals surface area contributed by atoms with Crippen molar-refractivity contribution in [2.45, 2.75) is 51.0 Å². The van der Waals surface area contributed by atoms with E-state index in [1.165, 1.54) is 12.8 Å². The lowest BCUT2D eigenvalue weighted by atomic mass is 9.78. The lowest BCUT2D eigenvalue weighted by Gasteiger charge is -2.35. The molecule has 2 rings (SSSR count). The summed E-state index contributed by atoms with van der Waals surface area (Å²) in [7, 11) is 0. The molecular weight excluding hydrogens is 282 g/mol. The summed E-state index contributed by atoms with van der Waals surface area (Å²) in [6.45, 7) is 6.60. The maximum atomic E-state index is 11.7. The van der Waals surface area contributed by atoms with Gasteiger partial charge in [0.15, 0.2) is 0 Å². The molecule has 0 spiro atoms. The summed E-state index contributed by atoms with van der Waals surface area (Å²) in [6, 6.07) is 6.11. The van der Waals surface area contributed by atoms with E-state index in [0.29, 0.717) is 23.4 Å². The van der Waals surface area contributed by atoms with Crippen LogP contribution in [-0.4, -0.2) is 22.9 Å². The molecule has 0 aliphatic heterocycles. The van der Waals surface area contributed by atoms with Crippen molar-refractivity contribution in [3.63, 3.8) is 0 Å². The Bertz CT molecular complexity index is 504. The van der Waals surface area contributed by atoms with Gasteiger partial charge in [0.1, 0.15) is 0 Å². The van der Waals surface area contributed by atoms with Gasteiger partial charge in [-0.1, -0.05) is 39.7 Å². The average molecular weight is 307 g/mol. The van der Waals surface area contributed by atoms with Crippen molar-refractivity contribution in [1.29, 1.82) is 0 Å². The minimum Gasteiger partial charge on any atom is -0.478 e. The average Bonchev–Trinajstić information content (AvgIpc) is 2.44. The first kappa shape index (κ1) is 16.2. The molecule has 0 bridgehead atoms. The molecule has 1 aliphatic rings. The summed E-state index contributed by atoms with van der Waals surface area (Å²) in [5, 5.41) is 13.1. The number of hydrogen-bond donors (Lipinski definition) is 2. The van der Waals surface area contributed by atoms with Gasteiger partial charge in [-0.25, -0.2) is 4.79 Å². The number of hydrogen-bond acceptors (Lipinski definition) is 3. The minimum atomic E-state index is -0.842.